The predicted molar refractivity (Wildman–Crippen MR) is 90.2 cm³/mol. The van der Waals surface area contributed by atoms with E-state index < -0.39 is 0 Å². The second-order valence-corrected chi connectivity index (χ2v) is 5.86. The number of methoxy groups -OCH3 is 1. The van der Waals surface area contributed by atoms with Gasteiger partial charge in [-0.05, 0) is 55.3 Å². The van der Waals surface area contributed by atoms with Crippen LogP contribution in [0.5, 0.6) is 11.5 Å². The lowest BCUT2D eigenvalue weighted by molar-refractivity contribution is 0.410. The summed E-state index contributed by atoms with van der Waals surface area (Å²) >= 11 is 3.49. The molecule has 2 aromatic rings. The third-order valence-electron chi connectivity index (χ3n) is 3.52. The second kappa shape index (κ2) is 6.85. The molecule has 2 N–H and O–H groups in total. The van der Waals surface area contributed by atoms with Crippen LogP contribution in [0.2, 0.25) is 0 Å². The third-order valence-corrected chi connectivity index (χ3v) is 4.01. The lowest BCUT2D eigenvalue weighted by atomic mass is 10.0. The van der Waals surface area contributed by atoms with Gasteiger partial charge in [-0.15, -0.1) is 0 Å². The van der Waals surface area contributed by atoms with Crippen molar-refractivity contribution >= 4 is 21.6 Å². The van der Waals surface area contributed by atoms with Crippen LogP contribution >= 0.6 is 15.9 Å². The molecule has 0 saturated heterocycles. The number of halogens is 1. The van der Waals surface area contributed by atoms with Crippen molar-refractivity contribution in [1.29, 1.82) is 0 Å². The van der Waals surface area contributed by atoms with Crippen LogP contribution in [0.15, 0.2) is 40.9 Å². The van der Waals surface area contributed by atoms with Crippen LogP contribution < -0.4 is 10.1 Å². The number of hydrogen-bond acceptors (Lipinski definition) is 3. The van der Waals surface area contributed by atoms with Crippen LogP contribution in [-0.2, 0) is 6.42 Å². The highest BCUT2D eigenvalue weighted by Gasteiger charge is 2.13. The molecule has 0 saturated carbocycles. The third kappa shape index (κ3) is 3.70. The zero-order valence-corrected chi connectivity index (χ0v) is 14.1. The van der Waals surface area contributed by atoms with Gasteiger partial charge in [0.25, 0.3) is 0 Å². The molecule has 1 unspecified atom stereocenters. The molecular formula is C17H20BrNO2. The molecule has 2 aromatic carbocycles. The maximum Gasteiger partial charge on any atom is 0.121 e. The average molecular weight is 350 g/mol. The van der Waals surface area contributed by atoms with Crippen LogP contribution in [0.4, 0.5) is 5.69 Å². The molecule has 0 aliphatic heterocycles. The lowest BCUT2D eigenvalue weighted by Gasteiger charge is -2.20. The summed E-state index contributed by atoms with van der Waals surface area (Å²) in [4.78, 5) is 0. The molecule has 0 aliphatic carbocycles. The standard InChI is InChI=1S/C17H20BrNO2/c1-4-12-9-13(18)5-7-16(12)19-11(2)15-10-14(21-3)6-8-17(15)20/h5-11,19-20H,4H2,1-3H3. The lowest BCUT2D eigenvalue weighted by Crippen LogP contribution is -2.09. The van der Waals surface area contributed by atoms with Gasteiger partial charge in [-0.2, -0.15) is 0 Å². The van der Waals surface area contributed by atoms with Crippen molar-refractivity contribution in [1.82, 2.24) is 0 Å². The average Bonchev–Trinajstić information content (AvgIpc) is 2.49. The molecule has 21 heavy (non-hydrogen) atoms. The van der Waals surface area contributed by atoms with E-state index in [1.165, 1.54) is 5.56 Å². The van der Waals surface area contributed by atoms with Crippen molar-refractivity contribution in [2.75, 3.05) is 12.4 Å². The summed E-state index contributed by atoms with van der Waals surface area (Å²) in [6.45, 7) is 4.15. The molecule has 0 spiro atoms. The maximum atomic E-state index is 10.0. The van der Waals surface area contributed by atoms with E-state index in [4.69, 9.17) is 4.74 Å². The molecule has 1 atom stereocenters. The van der Waals surface area contributed by atoms with Crippen molar-refractivity contribution in [3.63, 3.8) is 0 Å². The maximum absolute atomic E-state index is 10.0. The number of aryl methyl sites for hydroxylation is 1. The van der Waals surface area contributed by atoms with Gasteiger partial charge in [0.15, 0.2) is 0 Å². The quantitative estimate of drug-likeness (QED) is 0.806. The summed E-state index contributed by atoms with van der Waals surface area (Å²) in [5.41, 5.74) is 3.13. The van der Waals surface area contributed by atoms with Crippen molar-refractivity contribution in [3.05, 3.63) is 52.0 Å². The minimum Gasteiger partial charge on any atom is -0.508 e. The number of phenols is 1. The van der Waals surface area contributed by atoms with Crippen LogP contribution in [0, 0.1) is 0 Å². The number of rotatable bonds is 5. The van der Waals surface area contributed by atoms with Crippen molar-refractivity contribution in [2.24, 2.45) is 0 Å². The number of benzene rings is 2. The largest absolute Gasteiger partial charge is 0.508 e. The summed E-state index contributed by atoms with van der Waals surface area (Å²) in [6, 6.07) is 11.4. The van der Waals surface area contributed by atoms with Gasteiger partial charge in [0.05, 0.1) is 13.2 Å². The van der Waals surface area contributed by atoms with E-state index in [1.807, 2.05) is 19.1 Å². The van der Waals surface area contributed by atoms with Gasteiger partial charge in [-0.1, -0.05) is 22.9 Å². The first-order valence-corrected chi connectivity index (χ1v) is 7.76. The Morgan fingerprint density at radius 3 is 2.67 bits per heavy atom. The van der Waals surface area contributed by atoms with Crippen molar-refractivity contribution in [3.8, 4) is 11.5 Å². The Balaban J connectivity index is 2.27. The fourth-order valence-corrected chi connectivity index (χ4v) is 2.72. The Morgan fingerprint density at radius 2 is 2.00 bits per heavy atom. The van der Waals surface area contributed by atoms with E-state index in [0.29, 0.717) is 0 Å². The first-order chi connectivity index (χ1) is 10.0. The normalized spacial score (nSPS) is 12.0. The molecule has 0 bridgehead atoms. The number of anilines is 1. The summed E-state index contributed by atoms with van der Waals surface area (Å²) in [5, 5.41) is 13.5. The van der Waals surface area contributed by atoms with Crippen LogP contribution in [0.25, 0.3) is 0 Å². The summed E-state index contributed by atoms with van der Waals surface area (Å²) in [6.07, 6.45) is 0.943. The van der Waals surface area contributed by atoms with Crippen molar-refractivity contribution < 1.29 is 9.84 Å². The van der Waals surface area contributed by atoms with Gasteiger partial charge in [-0.3, -0.25) is 0 Å². The van der Waals surface area contributed by atoms with Gasteiger partial charge >= 0.3 is 0 Å². The molecule has 3 nitrogen and oxygen atoms in total. The smallest absolute Gasteiger partial charge is 0.121 e. The minimum absolute atomic E-state index is 0.0217. The van der Waals surface area contributed by atoms with E-state index in [2.05, 4.69) is 40.3 Å². The van der Waals surface area contributed by atoms with Crippen LogP contribution in [0.1, 0.15) is 31.0 Å². The molecule has 4 heteroatoms. The number of hydrogen-bond donors (Lipinski definition) is 2. The van der Waals surface area contributed by atoms with Gasteiger partial charge < -0.3 is 15.2 Å². The SMILES string of the molecule is CCc1cc(Br)ccc1NC(C)c1cc(OC)ccc1O. The molecular weight excluding hydrogens is 330 g/mol. The van der Waals surface area contributed by atoms with E-state index >= 15 is 0 Å². The van der Waals surface area contributed by atoms with Crippen molar-refractivity contribution in [2.45, 2.75) is 26.3 Å². The van der Waals surface area contributed by atoms with E-state index in [-0.39, 0.29) is 11.8 Å². The van der Waals surface area contributed by atoms with Gasteiger partial charge in [0, 0.05) is 15.7 Å². The predicted octanol–water partition coefficient (Wildman–Crippen LogP) is 4.90. The summed E-state index contributed by atoms with van der Waals surface area (Å²) in [7, 11) is 1.62. The highest BCUT2D eigenvalue weighted by Crippen LogP contribution is 2.32. The van der Waals surface area contributed by atoms with E-state index in [9.17, 15) is 5.11 Å². The number of nitrogens with one attached hydrogen (secondary N) is 1. The Hall–Kier alpha value is -1.68. The molecule has 0 fully saturated rings. The number of aromatic hydroxyl groups is 1. The number of ether oxygens (including phenoxy) is 1. The van der Waals surface area contributed by atoms with Crippen LogP contribution in [-0.4, -0.2) is 12.2 Å². The van der Waals surface area contributed by atoms with Crippen LogP contribution in [0.3, 0.4) is 0 Å². The highest BCUT2D eigenvalue weighted by molar-refractivity contribution is 9.10. The molecule has 112 valence electrons. The highest BCUT2D eigenvalue weighted by atomic mass is 79.9. The summed E-state index contributed by atoms with van der Waals surface area (Å²) in [5.74, 6) is 1.01. The van der Waals surface area contributed by atoms with Gasteiger partial charge in [0.1, 0.15) is 11.5 Å². The fraction of sp³-hybridized carbons (Fsp3) is 0.294. The Morgan fingerprint density at radius 1 is 1.24 bits per heavy atom. The Labute approximate surface area is 134 Å². The molecule has 0 radical (unpaired) electrons. The van der Waals surface area contributed by atoms with E-state index in [1.54, 1.807) is 19.2 Å². The first kappa shape index (κ1) is 15.7. The molecule has 2 rings (SSSR count). The van der Waals surface area contributed by atoms with E-state index in [0.717, 1.165) is 27.9 Å². The first-order valence-electron chi connectivity index (χ1n) is 6.97. The minimum atomic E-state index is -0.0217. The van der Waals surface area contributed by atoms with Gasteiger partial charge in [0.2, 0.25) is 0 Å². The Bertz CT molecular complexity index is 628. The zero-order chi connectivity index (χ0) is 15.4. The zero-order valence-electron chi connectivity index (χ0n) is 12.5. The molecule has 0 amide bonds. The summed E-state index contributed by atoms with van der Waals surface area (Å²) < 4.78 is 6.30. The monoisotopic (exact) mass is 349 g/mol. The molecule has 0 aliphatic rings. The second-order valence-electron chi connectivity index (χ2n) is 4.95. The Kier molecular flexibility index (Phi) is 5.12. The number of phenolic OH excluding ortho intramolecular Hbond substituents is 1. The topological polar surface area (TPSA) is 41.5 Å². The molecule has 0 heterocycles. The fourth-order valence-electron chi connectivity index (χ4n) is 2.31. The van der Waals surface area contributed by atoms with Gasteiger partial charge in [-0.25, -0.2) is 0 Å². The molecule has 0 aromatic heterocycles.